The van der Waals surface area contributed by atoms with Crippen LogP contribution in [0.1, 0.15) is 19.8 Å². The number of nitrogens with zero attached hydrogens (tertiary/aromatic N) is 1. The Morgan fingerprint density at radius 2 is 2.21 bits per heavy atom. The van der Waals surface area contributed by atoms with Crippen LogP contribution in [0, 0.1) is 10.1 Å². The van der Waals surface area contributed by atoms with Gasteiger partial charge in [-0.1, -0.05) is 24.9 Å². The number of benzene rings is 1. The first-order valence-electron chi connectivity index (χ1n) is 5.77. The quantitative estimate of drug-likeness (QED) is 0.333. The van der Waals surface area contributed by atoms with Gasteiger partial charge in [0.1, 0.15) is 0 Å². The lowest BCUT2D eigenvalue weighted by atomic mass is 10.3. The van der Waals surface area contributed by atoms with Crippen LogP contribution in [-0.2, 0) is 9.53 Å². The number of carbonyl (C=O) groups is 1. The van der Waals surface area contributed by atoms with Crippen molar-refractivity contribution in [2.45, 2.75) is 19.8 Å². The van der Waals surface area contributed by atoms with E-state index in [9.17, 15) is 14.9 Å². The van der Waals surface area contributed by atoms with Crippen molar-refractivity contribution in [3.05, 3.63) is 33.3 Å². The van der Waals surface area contributed by atoms with Gasteiger partial charge < -0.3 is 9.47 Å². The molecule has 1 aromatic rings. The van der Waals surface area contributed by atoms with Crippen molar-refractivity contribution in [3.63, 3.8) is 0 Å². The van der Waals surface area contributed by atoms with E-state index in [-0.39, 0.29) is 23.1 Å². The molecular weight excluding hydrogens is 274 g/mol. The Kier molecular flexibility index (Phi) is 6.08. The van der Waals surface area contributed by atoms with Gasteiger partial charge in [-0.3, -0.25) is 10.1 Å². The zero-order valence-corrected chi connectivity index (χ0v) is 11.2. The van der Waals surface area contributed by atoms with Crippen molar-refractivity contribution in [2.75, 3.05) is 13.2 Å². The summed E-state index contributed by atoms with van der Waals surface area (Å²) in [6, 6.07) is 3.96. The summed E-state index contributed by atoms with van der Waals surface area (Å²) in [7, 11) is 0. The van der Waals surface area contributed by atoms with Crippen molar-refractivity contribution in [3.8, 4) is 5.75 Å². The van der Waals surface area contributed by atoms with Gasteiger partial charge in [-0.25, -0.2) is 4.79 Å². The molecule has 104 valence electrons. The summed E-state index contributed by atoms with van der Waals surface area (Å²) in [5.74, 6) is -0.570. The predicted octanol–water partition coefficient (Wildman–Crippen LogP) is 2.97. The number of esters is 1. The Hall–Kier alpha value is -1.82. The van der Waals surface area contributed by atoms with Gasteiger partial charge in [0.25, 0.3) is 0 Å². The van der Waals surface area contributed by atoms with Crippen LogP contribution in [0.4, 0.5) is 5.69 Å². The minimum atomic E-state index is -0.621. The van der Waals surface area contributed by atoms with Gasteiger partial charge in [0.05, 0.1) is 11.5 Å². The third kappa shape index (κ3) is 5.13. The van der Waals surface area contributed by atoms with Crippen molar-refractivity contribution in [1.82, 2.24) is 0 Å². The number of carbonyl (C=O) groups excluding carboxylic acids is 1. The second-order valence-corrected chi connectivity index (χ2v) is 4.17. The van der Waals surface area contributed by atoms with E-state index in [4.69, 9.17) is 21.1 Å². The Morgan fingerprint density at radius 1 is 1.47 bits per heavy atom. The largest absolute Gasteiger partial charge is 0.475 e. The van der Waals surface area contributed by atoms with Gasteiger partial charge in [-0.05, 0) is 18.6 Å². The van der Waals surface area contributed by atoms with E-state index in [1.807, 2.05) is 6.92 Å². The molecule has 0 atom stereocenters. The fourth-order valence-electron chi connectivity index (χ4n) is 1.26. The number of unbranched alkanes of at least 4 members (excludes halogenated alkanes) is 1. The summed E-state index contributed by atoms with van der Waals surface area (Å²) in [6.07, 6.45) is 1.68. The molecule has 7 heteroatoms. The van der Waals surface area contributed by atoms with E-state index in [2.05, 4.69) is 0 Å². The van der Waals surface area contributed by atoms with E-state index in [1.165, 1.54) is 18.2 Å². The molecule has 0 N–H and O–H groups in total. The maximum Gasteiger partial charge on any atom is 0.344 e. The Bertz CT molecular complexity index is 463. The average Bonchev–Trinajstić information content (AvgIpc) is 2.37. The minimum Gasteiger partial charge on any atom is -0.475 e. The molecule has 0 unspecified atom stereocenters. The number of ether oxygens (including phenoxy) is 2. The smallest absolute Gasteiger partial charge is 0.344 e. The molecule has 1 aromatic carbocycles. The first-order chi connectivity index (χ1) is 9.04. The number of nitro benzene ring substituents is 1. The highest BCUT2D eigenvalue weighted by molar-refractivity contribution is 6.30. The number of hydrogen-bond donors (Lipinski definition) is 0. The third-order valence-corrected chi connectivity index (χ3v) is 2.46. The van der Waals surface area contributed by atoms with E-state index in [0.717, 1.165) is 12.8 Å². The lowest BCUT2D eigenvalue weighted by molar-refractivity contribution is -0.385. The molecule has 0 aliphatic carbocycles. The molecule has 19 heavy (non-hydrogen) atoms. The molecular formula is C12H14ClNO5. The normalized spacial score (nSPS) is 10.0. The molecule has 0 radical (unpaired) electrons. The number of hydrogen-bond acceptors (Lipinski definition) is 5. The molecule has 0 amide bonds. The molecule has 0 heterocycles. The molecule has 0 aromatic heterocycles. The summed E-state index contributed by atoms with van der Waals surface area (Å²) in [6.45, 7) is 1.93. The van der Waals surface area contributed by atoms with Crippen molar-refractivity contribution >= 4 is 23.3 Å². The lowest BCUT2D eigenvalue weighted by Crippen LogP contribution is -2.15. The number of rotatable bonds is 7. The minimum absolute atomic E-state index is 0.0122. The van der Waals surface area contributed by atoms with Crippen LogP contribution < -0.4 is 4.74 Å². The highest BCUT2D eigenvalue weighted by atomic mass is 35.5. The Balaban J connectivity index is 2.57. The fourth-order valence-corrected chi connectivity index (χ4v) is 1.43. The molecule has 0 aliphatic heterocycles. The Labute approximate surface area is 115 Å². The van der Waals surface area contributed by atoms with Crippen molar-refractivity contribution in [2.24, 2.45) is 0 Å². The molecule has 0 saturated carbocycles. The van der Waals surface area contributed by atoms with Crippen molar-refractivity contribution < 1.29 is 19.2 Å². The second kappa shape index (κ2) is 7.58. The van der Waals surface area contributed by atoms with E-state index in [1.54, 1.807) is 0 Å². The van der Waals surface area contributed by atoms with Crippen LogP contribution in [0.25, 0.3) is 0 Å². The van der Waals surface area contributed by atoms with Crippen LogP contribution in [0.2, 0.25) is 5.02 Å². The summed E-state index contributed by atoms with van der Waals surface area (Å²) >= 11 is 5.66. The summed E-state index contributed by atoms with van der Waals surface area (Å²) < 4.78 is 9.94. The topological polar surface area (TPSA) is 78.7 Å². The summed E-state index contributed by atoms with van der Waals surface area (Å²) in [5.41, 5.74) is -0.283. The molecule has 0 bridgehead atoms. The summed E-state index contributed by atoms with van der Waals surface area (Å²) in [5, 5.41) is 11.0. The Morgan fingerprint density at radius 3 is 2.84 bits per heavy atom. The van der Waals surface area contributed by atoms with Gasteiger partial charge in [0.2, 0.25) is 0 Å². The standard InChI is InChI=1S/C12H14ClNO5/c1-2-3-6-18-12(15)8-19-11-5-4-9(13)7-10(11)14(16)17/h4-5,7H,2-3,6,8H2,1H3. The van der Waals surface area contributed by atoms with Gasteiger partial charge in [-0.15, -0.1) is 0 Å². The maximum atomic E-state index is 11.3. The van der Waals surface area contributed by atoms with Crippen LogP contribution in [0.5, 0.6) is 5.75 Å². The van der Waals surface area contributed by atoms with Gasteiger partial charge >= 0.3 is 11.7 Å². The van der Waals surface area contributed by atoms with Crippen LogP contribution >= 0.6 is 11.6 Å². The lowest BCUT2D eigenvalue weighted by Gasteiger charge is -2.07. The first-order valence-corrected chi connectivity index (χ1v) is 6.14. The van der Waals surface area contributed by atoms with Gasteiger partial charge in [0.15, 0.2) is 12.4 Å². The summed E-state index contributed by atoms with van der Waals surface area (Å²) in [4.78, 5) is 21.5. The predicted molar refractivity (Wildman–Crippen MR) is 69.5 cm³/mol. The fraction of sp³-hybridized carbons (Fsp3) is 0.417. The highest BCUT2D eigenvalue weighted by Crippen LogP contribution is 2.29. The van der Waals surface area contributed by atoms with Gasteiger partial charge in [0, 0.05) is 11.1 Å². The van der Waals surface area contributed by atoms with Crippen LogP contribution in [0.15, 0.2) is 18.2 Å². The average molecular weight is 288 g/mol. The van der Waals surface area contributed by atoms with E-state index >= 15 is 0 Å². The van der Waals surface area contributed by atoms with Crippen LogP contribution in [0.3, 0.4) is 0 Å². The molecule has 6 nitrogen and oxygen atoms in total. The van der Waals surface area contributed by atoms with Gasteiger partial charge in [-0.2, -0.15) is 0 Å². The monoisotopic (exact) mass is 287 g/mol. The van der Waals surface area contributed by atoms with Crippen LogP contribution in [-0.4, -0.2) is 24.1 Å². The number of nitro groups is 1. The zero-order valence-electron chi connectivity index (χ0n) is 10.4. The first kappa shape index (κ1) is 15.2. The number of halogens is 1. The molecule has 1 rings (SSSR count). The van der Waals surface area contributed by atoms with Crippen molar-refractivity contribution in [1.29, 1.82) is 0 Å². The van der Waals surface area contributed by atoms with E-state index < -0.39 is 10.9 Å². The molecule has 0 fully saturated rings. The van der Waals surface area contributed by atoms with E-state index in [0.29, 0.717) is 6.61 Å². The molecule has 0 aliphatic rings. The zero-order chi connectivity index (χ0) is 14.3. The third-order valence-electron chi connectivity index (χ3n) is 2.22. The second-order valence-electron chi connectivity index (χ2n) is 3.73. The highest BCUT2D eigenvalue weighted by Gasteiger charge is 2.17. The molecule has 0 spiro atoms. The maximum absolute atomic E-state index is 11.3. The SMILES string of the molecule is CCCCOC(=O)COc1ccc(Cl)cc1[N+](=O)[O-]. The molecule has 0 saturated heterocycles.